The van der Waals surface area contributed by atoms with Gasteiger partial charge >= 0.3 is 0 Å². The van der Waals surface area contributed by atoms with Crippen LogP contribution in [-0.2, 0) is 22.6 Å². The molecule has 0 spiro atoms. The fraction of sp³-hybridized carbons (Fsp3) is 0.286. The monoisotopic (exact) mass is 458 g/mol. The Morgan fingerprint density at radius 3 is 2.50 bits per heavy atom. The molecule has 0 aromatic heterocycles. The number of carbonyl (C=O) groups excluding carboxylic acids is 2. The van der Waals surface area contributed by atoms with Crippen LogP contribution >= 0.6 is 0 Å². The van der Waals surface area contributed by atoms with Crippen molar-refractivity contribution in [3.8, 4) is 5.75 Å². The maximum atomic E-state index is 13.6. The molecule has 0 saturated heterocycles. The van der Waals surface area contributed by atoms with Crippen molar-refractivity contribution in [1.82, 2.24) is 10.2 Å². The predicted molar refractivity (Wildman–Crippen MR) is 127 cm³/mol. The van der Waals surface area contributed by atoms with Gasteiger partial charge in [0.1, 0.15) is 11.6 Å². The molecule has 0 radical (unpaired) electrons. The third-order valence-corrected chi connectivity index (χ3v) is 6.44. The van der Waals surface area contributed by atoms with Crippen LogP contribution in [0.15, 0.2) is 72.8 Å². The number of nitrogens with one attached hydrogen (secondary N) is 1. The van der Waals surface area contributed by atoms with E-state index in [1.807, 2.05) is 53.4 Å². The van der Waals surface area contributed by atoms with Gasteiger partial charge in [-0.1, -0.05) is 48.5 Å². The zero-order valence-corrected chi connectivity index (χ0v) is 18.9. The Labute approximate surface area is 198 Å². The van der Waals surface area contributed by atoms with E-state index in [0.29, 0.717) is 18.8 Å². The zero-order valence-electron chi connectivity index (χ0n) is 18.9. The number of halogens is 1. The van der Waals surface area contributed by atoms with Gasteiger partial charge in [0, 0.05) is 19.0 Å². The fourth-order valence-corrected chi connectivity index (χ4v) is 4.49. The number of carbonyl (C=O) groups is 2. The van der Waals surface area contributed by atoms with E-state index in [1.165, 1.54) is 12.1 Å². The minimum atomic E-state index is -0.307. The Morgan fingerprint density at radius 1 is 1.00 bits per heavy atom. The summed E-state index contributed by atoms with van der Waals surface area (Å²) in [6, 6.07) is 21.5. The lowest BCUT2D eigenvalue weighted by Crippen LogP contribution is -2.41. The number of amides is 2. The third kappa shape index (κ3) is 4.96. The summed E-state index contributed by atoms with van der Waals surface area (Å²) in [5.41, 5.74) is 3.99. The highest BCUT2D eigenvalue weighted by Gasteiger charge is 2.39. The Hall–Kier alpha value is -3.67. The second kappa shape index (κ2) is 9.67. The molecule has 3 aromatic carbocycles. The van der Waals surface area contributed by atoms with Crippen molar-refractivity contribution in [2.24, 2.45) is 5.92 Å². The van der Waals surface area contributed by atoms with Crippen LogP contribution in [0.25, 0.3) is 0 Å². The smallest absolute Gasteiger partial charge is 0.258 e. The van der Waals surface area contributed by atoms with Gasteiger partial charge in [-0.15, -0.1) is 0 Å². The highest BCUT2D eigenvalue weighted by atomic mass is 19.1. The summed E-state index contributed by atoms with van der Waals surface area (Å²) in [4.78, 5) is 27.3. The lowest BCUT2D eigenvalue weighted by atomic mass is 9.87. The van der Waals surface area contributed by atoms with E-state index in [1.54, 1.807) is 12.1 Å². The molecular formula is C28H27FN2O3. The zero-order chi connectivity index (χ0) is 23.5. The standard InChI is InChI=1S/C28H27FN2O3/c29-23-11-8-21(9-12-23)27-25-16-24(34-18-26(32)30-17-19-4-2-1-3-5-19)13-10-20(25)14-15-31(27)28(33)22-6-7-22/h1-5,8-13,16,22,27H,6-7,14-15,17-18H2,(H,30,32). The topological polar surface area (TPSA) is 58.6 Å². The molecule has 174 valence electrons. The van der Waals surface area contributed by atoms with Gasteiger partial charge in [-0.2, -0.15) is 0 Å². The lowest BCUT2D eigenvalue weighted by Gasteiger charge is -2.38. The number of rotatable bonds is 7. The molecule has 6 heteroatoms. The van der Waals surface area contributed by atoms with Crippen molar-refractivity contribution in [3.05, 3.63) is 101 Å². The molecule has 1 aliphatic carbocycles. The molecule has 2 amide bonds. The molecular weight excluding hydrogens is 431 g/mol. The van der Waals surface area contributed by atoms with Crippen molar-refractivity contribution in [2.45, 2.75) is 31.8 Å². The minimum absolute atomic E-state index is 0.0947. The van der Waals surface area contributed by atoms with Crippen molar-refractivity contribution in [2.75, 3.05) is 13.2 Å². The van der Waals surface area contributed by atoms with Crippen molar-refractivity contribution >= 4 is 11.8 Å². The van der Waals surface area contributed by atoms with Crippen LogP contribution in [0.2, 0.25) is 0 Å². The molecule has 34 heavy (non-hydrogen) atoms. The molecule has 5 rings (SSSR count). The molecule has 0 bridgehead atoms. The Balaban J connectivity index is 1.33. The average molecular weight is 459 g/mol. The van der Waals surface area contributed by atoms with E-state index >= 15 is 0 Å². The minimum Gasteiger partial charge on any atom is -0.484 e. The van der Waals surface area contributed by atoms with Gasteiger partial charge in [0.05, 0.1) is 6.04 Å². The maximum absolute atomic E-state index is 13.6. The van der Waals surface area contributed by atoms with Gasteiger partial charge < -0.3 is 15.0 Å². The van der Waals surface area contributed by atoms with Crippen LogP contribution < -0.4 is 10.1 Å². The van der Waals surface area contributed by atoms with Crippen LogP contribution in [0, 0.1) is 11.7 Å². The molecule has 1 saturated carbocycles. The van der Waals surface area contributed by atoms with Crippen molar-refractivity contribution < 1.29 is 18.7 Å². The van der Waals surface area contributed by atoms with Crippen LogP contribution in [0.1, 0.15) is 41.1 Å². The summed E-state index contributed by atoms with van der Waals surface area (Å²) in [5, 5.41) is 2.86. The van der Waals surface area contributed by atoms with E-state index in [9.17, 15) is 14.0 Å². The highest BCUT2D eigenvalue weighted by Crippen LogP contribution is 2.41. The summed E-state index contributed by atoms with van der Waals surface area (Å²) in [5.74, 6) is 0.311. The molecule has 1 atom stereocenters. The first kappa shape index (κ1) is 22.1. The van der Waals surface area contributed by atoms with Crippen molar-refractivity contribution in [3.63, 3.8) is 0 Å². The number of hydrogen-bond donors (Lipinski definition) is 1. The number of ether oxygens (including phenoxy) is 1. The van der Waals surface area contributed by atoms with E-state index in [4.69, 9.17) is 4.74 Å². The Bertz CT molecular complexity index is 1180. The molecule has 2 aliphatic rings. The van der Waals surface area contributed by atoms with Gasteiger partial charge in [0.2, 0.25) is 5.91 Å². The van der Waals surface area contributed by atoms with E-state index in [-0.39, 0.29) is 36.2 Å². The van der Waals surface area contributed by atoms with Crippen LogP contribution in [0.4, 0.5) is 4.39 Å². The molecule has 1 unspecified atom stereocenters. The quantitative estimate of drug-likeness (QED) is 0.571. The lowest BCUT2D eigenvalue weighted by molar-refractivity contribution is -0.134. The number of nitrogens with zero attached hydrogens (tertiary/aromatic N) is 1. The van der Waals surface area contributed by atoms with E-state index in [0.717, 1.165) is 41.5 Å². The van der Waals surface area contributed by atoms with Crippen LogP contribution in [-0.4, -0.2) is 29.9 Å². The van der Waals surface area contributed by atoms with Crippen LogP contribution in [0.3, 0.4) is 0 Å². The highest BCUT2D eigenvalue weighted by molar-refractivity contribution is 5.82. The summed E-state index contributed by atoms with van der Waals surface area (Å²) in [7, 11) is 0. The van der Waals surface area contributed by atoms with E-state index in [2.05, 4.69) is 5.32 Å². The molecule has 1 aliphatic heterocycles. The normalized spacial score (nSPS) is 17.1. The third-order valence-electron chi connectivity index (χ3n) is 6.44. The Kier molecular flexibility index (Phi) is 6.30. The maximum Gasteiger partial charge on any atom is 0.258 e. The molecule has 1 fully saturated rings. The second-order valence-electron chi connectivity index (χ2n) is 8.92. The first-order chi connectivity index (χ1) is 16.6. The first-order valence-corrected chi connectivity index (χ1v) is 11.7. The molecule has 1 N–H and O–H groups in total. The van der Waals surface area contributed by atoms with Gasteiger partial charge in [-0.3, -0.25) is 9.59 Å². The van der Waals surface area contributed by atoms with Crippen molar-refractivity contribution in [1.29, 1.82) is 0 Å². The van der Waals surface area contributed by atoms with E-state index < -0.39 is 0 Å². The molecule has 5 nitrogen and oxygen atoms in total. The number of benzene rings is 3. The summed E-state index contributed by atoms with van der Waals surface area (Å²) >= 11 is 0. The van der Waals surface area contributed by atoms with Gasteiger partial charge in [-0.05, 0) is 65.8 Å². The fourth-order valence-electron chi connectivity index (χ4n) is 4.49. The summed E-state index contributed by atoms with van der Waals surface area (Å²) in [6.45, 7) is 0.974. The summed E-state index contributed by atoms with van der Waals surface area (Å²) in [6.07, 6.45) is 2.61. The average Bonchev–Trinajstić information content (AvgIpc) is 3.72. The number of fused-ring (bicyclic) bond motifs is 1. The molecule has 3 aromatic rings. The van der Waals surface area contributed by atoms with Gasteiger partial charge in [-0.25, -0.2) is 4.39 Å². The first-order valence-electron chi connectivity index (χ1n) is 11.7. The SMILES string of the molecule is O=C(COc1ccc2c(c1)C(c1ccc(F)cc1)N(C(=O)C1CC1)CC2)NCc1ccccc1. The van der Waals surface area contributed by atoms with Crippen LogP contribution in [0.5, 0.6) is 5.75 Å². The molecule has 1 heterocycles. The Morgan fingerprint density at radius 2 is 1.76 bits per heavy atom. The number of hydrogen-bond acceptors (Lipinski definition) is 3. The van der Waals surface area contributed by atoms with Gasteiger partial charge in [0.15, 0.2) is 6.61 Å². The predicted octanol–water partition coefficient (Wildman–Crippen LogP) is 4.41. The van der Waals surface area contributed by atoms with Gasteiger partial charge in [0.25, 0.3) is 5.91 Å². The summed E-state index contributed by atoms with van der Waals surface area (Å²) < 4.78 is 19.4. The largest absolute Gasteiger partial charge is 0.484 e. The second-order valence-corrected chi connectivity index (χ2v) is 8.92.